The molecule has 0 bridgehead atoms. The Morgan fingerprint density at radius 2 is 2.10 bits per heavy atom. The minimum Gasteiger partial charge on any atom is -0.326 e. The number of carbonyl (C=O) groups is 1. The number of hydrogen-bond acceptors (Lipinski definition) is 2. The molecule has 1 N–H and O–H groups in total. The zero-order valence-corrected chi connectivity index (χ0v) is 13.3. The molecule has 1 aliphatic rings. The zero-order chi connectivity index (χ0) is 15.2. The molecule has 21 heavy (non-hydrogen) atoms. The Kier molecular flexibility index (Phi) is 5.80. The summed E-state index contributed by atoms with van der Waals surface area (Å²) in [7, 11) is 0. The molecule has 0 saturated carbocycles. The summed E-state index contributed by atoms with van der Waals surface area (Å²) in [6.07, 6.45) is 3.38. The lowest BCUT2D eigenvalue weighted by atomic mass is 9.89. The highest BCUT2D eigenvalue weighted by atomic mass is 16.1. The van der Waals surface area contributed by atoms with Crippen LogP contribution in [0.2, 0.25) is 0 Å². The molecule has 0 aromatic heterocycles. The Hall–Kier alpha value is -1.35. The molecule has 2 rings (SSSR count). The molecule has 0 spiro atoms. The van der Waals surface area contributed by atoms with Crippen LogP contribution < -0.4 is 5.32 Å². The van der Waals surface area contributed by atoms with Crippen LogP contribution >= 0.6 is 0 Å². The van der Waals surface area contributed by atoms with Gasteiger partial charge in [-0.2, -0.15) is 0 Å². The number of anilines is 1. The number of nitrogens with one attached hydrogen (secondary N) is 1. The van der Waals surface area contributed by atoms with Crippen molar-refractivity contribution in [3.8, 4) is 0 Å². The van der Waals surface area contributed by atoms with Gasteiger partial charge in [-0.05, 0) is 62.5 Å². The van der Waals surface area contributed by atoms with Crippen molar-refractivity contribution in [1.29, 1.82) is 0 Å². The minimum absolute atomic E-state index is 0.0135. The molecule has 0 atom stereocenters. The van der Waals surface area contributed by atoms with Gasteiger partial charge in [0.25, 0.3) is 0 Å². The summed E-state index contributed by atoms with van der Waals surface area (Å²) in [5.74, 6) is 0.707. The van der Waals surface area contributed by atoms with E-state index in [2.05, 4.69) is 29.3 Å². The van der Waals surface area contributed by atoms with E-state index in [1.165, 1.54) is 18.4 Å². The van der Waals surface area contributed by atoms with E-state index in [1.807, 2.05) is 26.0 Å². The van der Waals surface area contributed by atoms with E-state index in [-0.39, 0.29) is 11.8 Å². The minimum atomic E-state index is 0.0135. The second kappa shape index (κ2) is 7.60. The van der Waals surface area contributed by atoms with Crippen LogP contribution in [0.3, 0.4) is 0 Å². The first-order valence-electron chi connectivity index (χ1n) is 8.02. The van der Waals surface area contributed by atoms with E-state index in [1.54, 1.807) is 0 Å². The van der Waals surface area contributed by atoms with Crippen LogP contribution in [-0.4, -0.2) is 30.4 Å². The van der Waals surface area contributed by atoms with Gasteiger partial charge in [0.2, 0.25) is 5.91 Å². The maximum Gasteiger partial charge on any atom is 0.226 e. The predicted molar refractivity (Wildman–Crippen MR) is 88.3 cm³/mol. The van der Waals surface area contributed by atoms with Crippen molar-refractivity contribution >= 4 is 11.6 Å². The van der Waals surface area contributed by atoms with Gasteiger partial charge in [-0.3, -0.25) is 4.79 Å². The number of nitrogens with zero attached hydrogens (tertiary/aromatic N) is 1. The number of likely N-dealkylation sites (tertiary alicyclic amines) is 1. The molecule has 3 heteroatoms. The fourth-order valence-corrected chi connectivity index (χ4v) is 2.87. The van der Waals surface area contributed by atoms with Gasteiger partial charge in [0.15, 0.2) is 0 Å². The van der Waals surface area contributed by atoms with Crippen molar-refractivity contribution in [3.63, 3.8) is 0 Å². The average Bonchev–Trinajstić information content (AvgIpc) is 2.48. The van der Waals surface area contributed by atoms with E-state index in [4.69, 9.17) is 0 Å². The van der Waals surface area contributed by atoms with Gasteiger partial charge in [-0.25, -0.2) is 0 Å². The number of piperidine rings is 1. The Morgan fingerprint density at radius 3 is 2.71 bits per heavy atom. The highest BCUT2D eigenvalue weighted by molar-refractivity contribution is 5.92. The SMILES string of the molecule is [CH2]CCN1CCC(c2cccc(NC(=O)C(C)C)c2)CC1. The lowest BCUT2D eigenvalue weighted by Gasteiger charge is -2.32. The number of benzene rings is 1. The first-order chi connectivity index (χ1) is 10.1. The van der Waals surface area contributed by atoms with Crippen molar-refractivity contribution in [2.75, 3.05) is 25.0 Å². The third-order valence-electron chi connectivity index (χ3n) is 4.21. The highest BCUT2D eigenvalue weighted by Crippen LogP contribution is 2.29. The van der Waals surface area contributed by atoms with E-state index in [9.17, 15) is 4.79 Å². The maximum absolute atomic E-state index is 11.8. The van der Waals surface area contributed by atoms with Gasteiger partial charge < -0.3 is 10.2 Å². The quantitative estimate of drug-likeness (QED) is 0.896. The Morgan fingerprint density at radius 1 is 1.38 bits per heavy atom. The summed E-state index contributed by atoms with van der Waals surface area (Å²) in [6, 6.07) is 8.35. The topological polar surface area (TPSA) is 32.3 Å². The lowest BCUT2D eigenvalue weighted by molar-refractivity contribution is -0.118. The summed E-state index contributed by atoms with van der Waals surface area (Å²) >= 11 is 0. The molecule has 1 aromatic carbocycles. The molecule has 1 fully saturated rings. The molecule has 1 aromatic rings. The van der Waals surface area contributed by atoms with E-state index < -0.39 is 0 Å². The number of rotatable bonds is 5. The van der Waals surface area contributed by atoms with Crippen LogP contribution in [0.15, 0.2) is 24.3 Å². The zero-order valence-electron chi connectivity index (χ0n) is 13.3. The van der Waals surface area contributed by atoms with Crippen LogP contribution in [0.25, 0.3) is 0 Å². The van der Waals surface area contributed by atoms with Crippen LogP contribution in [0.5, 0.6) is 0 Å². The first-order valence-corrected chi connectivity index (χ1v) is 8.02. The molecule has 1 amide bonds. The summed E-state index contributed by atoms with van der Waals surface area (Å²) in [4.78, 5) is 14.3. The van der Waals surface area contributed by atoms with Crippen molar-refractivity contribution in [3.05, 3.63) is 36.8 Å². The molecule has 0 unspecified atom stereocenters. The third-order valence-corrected chi connectivity index (χ3v) is 4.21. The van der Waals surface area contributed by atoms with Crippen molar-refractivity contribution in [1.82, 2.24) is 4.90 Å². The normalized spacial score (nSPS) is 17.1. The van der Waals surface area contributed by atoms with E-state index in [0.29, 0.717) is 5.92 Å². The molecule has 3 nitrogen and oxygen atoms in total. The smallest absolute Gasteiger partial charge is 0.226 e. The summed E-state index contributed by atoms with van der Waals surface area (Å²) in [6.45, 7) is 11.2. The molecule has 115 valence electrons. The van der Waals surface area contributed by atoms with Gasteiger partial charge in [0.05, 0.1) is 0 Å². The summed E-state index contributed by atoms with van der Waals surface area (Å²) in [5.41, 5.74) is 2.28. The second-order valence-corrected chi connectivity index (χ2v) is 6.24. The predicted octanol–water partition coefficient (Wildman–Crippen LogP) is 3.68. The van der Waals surface area contributed by atoms with Crippen LogP contribution in [0, 0.1) is 12.8 Å². The molecular formula is C18H27N2O. The van der Waals surface area contributed by atoms with E-state index >= 15 is 0 Å². The highest BCUT2D eigenvalue weighted by Gasteiger charge is 2.20. The van der Waals surface area contributed by atoms with Gasteiger partial charge in [-0.15, -0.1) is 0 Å². The fraction of sp³-hybridized carbons (Fsp3) is 0.556. The fourth-order valence-electron chi connectivity index (χ4n) is 2.87. The molecular weight excluding hydrogens is 260 g/mol. The molecule has 1 saturated heterocycles. The van der Waals surface area contributed by atoms with Crippen molar-refractivity contribution in [2.24, 2.45) is 5.92 Å². The van der Waals surface area contributed by atoms with Gasteiger partial charge >= 0.3 is 0 Å². The Labute approximate surface area is 128 Å². The molecule has 0 aliphatic carbocycles. The number of hydrogen-bond donors (Lipinski definition) is 1. The van der Waals surface area contributed by atoms with Crippen LogP contribution in [0.4, 0.5) is 5.69 Å². The average molecular weight is 287 g/mol. The summed E-state index contributed by atoms with van der Waals surface area (Å²) < 4.78 is 0. The van der Waals surface area contributed by atoms with Crippen LogP contribution in [-0.2, 0) is 4.79 Å². The first kappa shape index (κ1) is 16.0. The Bertz CT molecular complexity index is 462. The maximum atomic E-state index is 11.8. The number of carbonyl (C=O) groups excluding carboxylic acids is 1. The Balaban J connectivity index is 1.97. The van der Waals surface area contributed by atoms with Crippen molar-refractivity contribution < 1.29 is 4.79 Å². The lowest BCUT2D eigenvalue weighted by Crippen LogP contribution is -2.33. The van der Waals surface area contributed by atoms with Crippen molar-refractivity contribution in [2.45, 2.75) is 39.0 Å². The van der Waals surface area contributed by atoms with Gasteiger partial charge in [0, 0.05) is 11.6 Å². The second-order valence-electron chi connectivity index (χ2n) is 6.24. The molecule has 1 aliphatic heterocycles. The monoisotopic (exact) mass is 287 g/mol. The third kappa shape index (κ3) is 4.57. The summed E-state index contributed by atoms with van der Waals surface area (Å²) in [5, 5.41) is 2.99. The van der Waals surface area contributed by atoms with Gasteiger partial charge in [-0.1, -0.05) is 32.9 Å². The largest absolute Gasteiger partial charge is 0.326 e. The van der Waals surface area contributed by atoms with Crippen LogP contribution in [0.1, 0.15) is 44.6 Å². The molecule has 1 radical (unpaired) electrons. The van der Waals surface area contributed by atoms with Gasteiger partial charge in [0.1, 0.15) is 0 Å². The van der Waals surface area contributed by atoms with E-state index in [0.717, 1.165) is 31.7 Å². The standard InChI is InChI=1S/C18H27N2O/c1-4-10-20-11-8-15(9-12-20)16-6-5-7-17(13-16)19-18(21)14(2)3/h5-7,13-15H,1,4,8-12H2,2-3H3,(H,19,21). The number of amides is 1. The molecule has 1 heterocycles.